The van der Waals surface area contributed by atoms with E-state index in [-0.39, 0.29) is 12.5 Å². The van der Waals surface area contributed by atoms with Crippen molar-refractivity contribution in [3.63, 3.8) is 0 Å². The standard InChI is InChI=1S/C21H21NO2/c1-15-7-5-12-20(16(15)2)24-14-21(23)22-13-18-10-6-9-17-8-3-4-11-19(17)18/h3-12H,13-14H2,1-2H3,(H,22,23). The maximum absolute atomic E-state index is 12.1. The number of amides is 1. The molecule has 1 amide bonds. The fraction of sp³-hybridized carbons (Fsp3) is 0.190. The highest BCUT2D eigenvalue weighted by atomic mass is 16.5. The summed E-state index contributed by atoms with van der Waals surface area (Å²) in [5.41, 5.74) is 3.33. The van der Waals surface area contributed by atoms with Crippen molar-refractivity contribution in [2.45, 2.75) is 20.4 Å². The highest BCUT2D eigenvalue weighted by molar-refractivity contribution is 5.86. The van der Waals surface area contributed by atoms with Crippen molar-refractivity contribution in [2.24, 2.45) is 0 Å². The minimum absolute atomic E-state index is 0.0229. The monoisotopic (exact) mass is 319 g/mol. The zero-order chi connectivity index (χ0) is 16.9. The van der Waals surface area contributed by atoms with E-state index in [0.717, 1.165) is 27.8 Å². The number of hydrogen-bond donors (Lipinski definition) is 1. The number of carbonyl (C=O) groups excluding carboxylic acids is 1. The van der Waals surface area contributed by atoms with E-state index in [1.165, 1.54) is 5.39 Å². The quantitative estimate of drug-likeness (QED) is 0.767. The fourth-order valence-electron chi connectivity index (χ4n) is 2.72. The fourth-order valence-corrected chi connectivity index (χ4v) is 2.72. The summed E-state index contributed by atoms with van der Waals surface area (Å²) in [5.74, 6) is 0.638. The number of fused-ring (bicyclic) bond motifs is 1. The van der Waals surface area contributed by atoms with Crippen LogP contribution in [0.4, 0.5) is 0 Å². The summed E-state index contributed by atoms with van der Waals surface area (Å²) in [4.78, 5) is 12.1. The molecule has 3 rings (SSSR count). The van der Waals surface area contributed by atoms with Crippen LogP contribution in [0.2, 0.25) is 0 Å². The van der Waals surface area contributed by atoms with Crippen LogP contribution in [0.5, 0.6) is 5.75 Å². The Balaban J connectivity index is 1.60. The molecule has 0 aliphatic heterocycles. The Morgan fingerprint density at radius 3 is 2.58 bits per heavy atom. The summed E-state index contributed by atoms with van der Waals surface area (Å²) in [5, 5.41) is 5.27. The van der Waals surface area contributed by atoms with E-state index >= 15 is 0 Å². The summed E-state index contributed by atoms with van der Waals surface area (Å²) in [7, 11) is 0. The van der Waals surface area contributed by atoms with Crippen molar-refractivity contribution in [3.05, 3.63) is 77.4 Å². The van der Waals surface area contributed by atoms with Crippen LogP contribution in [0.3, 0.4) is 0 Å². The summed E-state index contributed by atoms with van der Waals surface area (Å²) in [6.07, 6.45) is 0. The number of ether oxygens (including phenoxy) is 1. The molecular formula is C21H21NO2. The van der Waals surface area contributed by atoms with Crippen LogP contribution in [0.25, 0.3) is 10.8 Å². The predicted octanol–water partition coefficient (Wildman–Crippen LogP) is 4.15. The van der Waals surface area contributed by atoms with Crippen molar-refractivity contribution in [2.75, 3.05) is 6.61 Å². The van der Waals surface area contributed by atoms with Crippen molar-refractivity contribution in [1.29, 1.82) is 0 Å². The molecule has 0 fully saturated rings. The summed E-state index contributed by atoms with van der Waals surface area (Å²) < 4.78 is 5.64. The van der Waals surface area contributed by atoms with Gasteiger partial charge in [-0.05, 0) is 47.4 Å². The zero-order valence-corrected chi connectivity index (χ0v) is 14.0. The molecule has 122 valence electrons. The lowest BCUT2D eigenvalue weighted by molar-refractivity contribution is -0.123. The van der Waals surface area contributed by atoms with Gasteiger partial charge in [0.2, 0.25) is 0 Å². The van der Waals surface area contributed by atoms with Crippen LogP contribution in [0, 0.1) is 13.8 Å². The summed E-state index contributed by atoms with van der Waals surface area (Å²) in [6, 6.07) is 20.2. The molecule has 0 aliphatic rings. The van der Waals surface area contributed by atoms with Gasteiger partial charge in [0.15, 0.2) is 6.61 Å². The number of nitrogens with one attached hydrogen (secondary N) is 1. The van der Waals surface area contributed by atoms with Crippen molar-refractivity contribution >= 4 is 16.7 Å². The number of aryl methyl sites for hydroxylation is 1. The van der Waals surface area contributed by atoms with Crippen molar-refractivity contribution in [1.82, 2.24) is 5.32 Å². The topological polar surface area (TPSA) is 38.3 Å². The summed E-state index contributed by atoms with van der Waals surface area (Å²) >= 11 is 0. The first kappa shape index (κ1) is 16.1. The van der Waals surface area contributed by atoms with E-state index in [2.05, 4.69) is 23.5 Å². The third-order valence-electron chi connectivity index (χ3n) is 4.27. The van der Waals surface area contributed by atoms with E-state index < -0.39 is 0 Å². The normalized spacial score (nSPS) is 10.6. The van der Waals surface area contributed by atoms with Gasteiger partial charge >= 0.3 is 0 Å². The molecule has 0 saturated carbocycles. The first-order chi connectivity index (χ1) is 11.6. The first-order valence-electron chi connectivity index (χ1n) is 8.07. The zero-order valence-electron chi connectivity index (χ0n) is 14.0. The molecule has 0 saturated heterocycles. The molecule has 24 heavy (non-hydrogen) atoms. The second-order valence-electron chi connectivity index (χ2n) is 5.90. The van der Waals surface area contributed by atoms with E-state index in [0.29, 0.717) is 6.54 Å². The largest absolute Gasteiger partial charge is 0.483 e. The first-order valence-corrected chi connectivity index (χ1v) is 8.07. The lowest BCUT2D eigenvalue weighted by atomic mass is 10.0. The molecule has 3 nitrogen and oxygen atoms in total. The molecule has 0 spiro atoms. The second kappa shape index (κ2) is 7.18. The van der Waals surface area contributed by atoms with Gasteiger partial charge in [0.1, 0.15) is 5.75 Å². The Kier molecular flexibility index (Phi) is 4.80. The Morgan fingerprint density at radius 1 is 0.958 bits per heavy atom. The van der Waals surface area contributed by atoms with Crippen LogP contribution in [-0.4, -0.2) is 12.5 Å². The molecule has 0 radical (unpaired) electrons. The Labute approximate surface area is 142 Å². The minimum atomic E-state index is -0.121. The minimum Gasteiger partial charge on any atom is -0.483 e. The van der Waals surface area contributed by atoms with Gasteiger partial charge < -0.3 is 10.1 Å². The number of benzene rings is 3. The second-order valence-corrected chi connectivity index (χ2v) is 5.90. The highest BCUT2D eigenvalue weighted by Crippen LogP contribution is 2.20. The third kappa shape index (κ3) is 3.57. The van der Waals surface area contributed by atoms with Crippen LogP contribution in [-0.2, 0) is 11.3 Å². The van der Waals surface area contributed by atoms with Crippen molar-refractivity contribution < 1.29 is 9.53 Å². The Morgan fingerprint density at radius 2 is 1.71 bits per heavy atom. The molecular weight excluding hydrogens is 298 g/mol. The van der Waals surface area contributed by atoms with Gasteiger partial charge in [-0.15, -0.1) is 0 Å². The predicted molar refractivity (Wildman–Crippen MR) is 97.2 cm³/mol. The molecule has 0 atom stereocenters. The molecule has 3 aromatic carbocycles. The molecule has 0 bridgehead atoms. The molecule has 3 heteroatoms. The van der Waals surface area contributed by atoms with E-state index in [1.54, 1.807) is 0 Å². The summed E-state index contributed by atoms with van der Waals surface area (Å²) in [6.45, 7) is 4.55. The third-order valence-corrected chi connectivity index (χ3v) is 4.27. The average molecular weight is 319 g/mol. The van der Waals surface area contributed by atoms with Crippen molar-refractivity contribution in [3.8, 4) is 5.75 Å². The number of rotatable bonds is 5. The van der Waals surface area contributed by atoms with E-state index in [9.17, 15) is 4.79 Å². The lowest BCUT2D eigenvalue weighted by Crippen LogP contribution is -2.28. The van der Waals surface area contributed by atoms with Gasteiger partial charge in [0.05, 0.1) is 0 Å². The van der Waals surface area contributed by atoms with Gasteiger partial charge in [-0.3, -0.25) is 4.79 Å². The molecule has 3 aromatic rings. The van der Waals surface area contributed by atoms with Gasteiger partial charge in [-0.2, -0.15) is 0 Å². The van der Waals surface area contributed by atoms with Gasteiger partial charge in [-0.25, -0.2) is 0 Å². The molecule has 0 heterocycles. The van der Waals surface area contributed by atoms with E-state index in [1.807, 2.05) is 56.3 Å². The van der Waals surface area contributed by atoms with Gasteiger partial charge in [-0.1, -0.05) is 54.6 Å². The van der Waals surface area contributed by atoms with Crippen LogP contribution in [0.1, 0.15) is 16.7 Å². The molecule has 0 aliphatic carbocycles. The molecule has 1 N–H and O–H groups in total. The van der Waals surface area contributed by atoms with Crippen LogP contribution < -0.4 is 10.1 Å². The Bertz CT molecular complexity index is 865. The van der Waals surface area contributed by atoms with Gasteiger partial charge in [0.25, 0.3) is 5.91 Å². The Hall–Kier alpha value is -2.81. The maximum atomic E-state index is 12.1. The van der Waals surface area contributed by atoms with Gasteiger partial charge in [0, 0.05) is 6.54 Å². The molecule has 0 unspecified atom stereocenters. The molecule has 0 aromatic heterocycles. The average Bonchev–Trinajstić information content (AvgIpc) is 2.61. The van der Waals surface area contributed by atoms with E-state index in [4.69, 9.17) is 4.74 Å². The van der Waals surface area contributed by atoms with Crippen LogP contribution in [0.15, 0.2) is 60.7 Å². The number of hydrogen-bond acceptors (Lipinski definition) is 2. The number of carbonyl (C=O) groups is 1. The van der Waals surface area contributed by atoms with Crippen LogP contribution >= 0.6 is 0 Å². The lowest BCUT2D eigenvalue weighted by Gasteiger charge is -2.12. The maximum Gasteiger partial charge on any atom is 0.258 e. The highest BCUT2D eigenvalue weighted by Gasteiger charge is 2.07. The SMILES string of the molecule is Cc1cccc(OCC(=O)NCc2cccc3ccccc23)c1C. The smallest absolute Gasteiger partial charge is 0.258 e.